The molecule has 0 radical (unpaired) electrons. The molecule has 0 saturated carbocycles. The molecule has 2 heterocycles. The second-order valence-electron chi connectivity index (χ2n) is 5.54. The first-order chi connectivity index (χ1) is 10.8. The number of nitrogens with zero attached hydrogens (tertiary/aromatic N) is 3. The molecule has 1 atom stereocenters. The molecule has 1 unspecified atom stereocenters. The molecule has 6 nitrogen and oxygen atoms in total. The van der Waals surface area contributed by atoms with E-state index in [0.29, 0.717) is 25.5 Å². The molecule has 1 saturated heterocycles. The van der Waals surface area contributed by atoms with E-state index in [-0.39, 0.29) is 6.04 Å². The first-order valence-electron chi connectivity index (χ1n) is 7.68. The van der Waals surface area contributed by atoms with Gasteiger partial charge in [-0.2, -0.15) is 4.98 Å². The highest BCUT2D eigenvalue weighted by Gasteiger charge is 2.25. The van der Waals surface area contributed by atoms with E-state index in [9.17, 15) is 0 Å². The van der Waals surface area contributed by atoms with Crippen molar-refractivity contribution in [2.24, 2.45) is 0 Å². The summed E-state index contributed by atoms with van der Waals surface area (Å²) in [6.07, 6.45) is 0.643. The molecule has 0 amide bonds. The summed E-state index contributed by atoms with van der Waals surface area (Å²) in [4.78, 5) is 6.74. The number of hydrogen-bond donors (Lipinski definition) is 1. The van der Waals surface area contributed by atoms with Crippen LogP contribution in [0.2, 0.25) is 0 Å². The third-order valence-corrected chi connectivity index (χ3v) is 3.86. The van der Waals surface area contributed by atoms with Crippen LogP contribution in [0.3, 0.4) is 0 Å². The van der Waals surface area contributed by atoms with Crippen molar-refractivity contribution >= 4 is 0 Å². The Morgan fingerprint density at radius 2 is 2.23 bits per heavy atom. The Bertz CT molecular complexity index is 573. The molecular formula is C16H22N4O2. The van der Waals surface area contributed by atoms with Gasteiger partial charge in [-0.05, 0) is 12.6 Å². The van der Waals surface area contributed by atoms with Crippen LogP contribution in [0.5, 0.6) is 0 Å². The molecule has 0 spiro atoms. The van der Waals surface area contributed by atoms with Crippen LogP contribution >= 0.6 is 0 Å². The minimum absolute atomic E-state index is 0.191. The zero-order valence-corrected chi connectivity index (χ0v) is 12.9. The Hall–Kier alpha value is -1.76. The molecule has 2 aromatic rings. The monoisotopic (exact) mass is 302 g/mol. The molecule has 118 valence electrons. The highest BCUT2D eigenvalue weighted by atomic mass is 16.5. The Kier molecular flexibility index (Phi) is 5.15. The van der Waals surface area contributed by atoms with E-state index >= 15 is 0 Å². The minimum atomic E-state index is 0.191. The normalized spacial score (nSPS) is 19.4. The number of aromatic nitrogens is 2. The summed E-state index contributed by atoms with van der Waals surface area (Å²) in [5.41, 5.74) is 1.17. The average Bonchev–Trinajstić information content (AvgIpc) is 3.02. The predicted molar refractivity (Wildman–Crippen MR) is 82.3 cm³/mol. The lowest BCUT2D eigenvalue weighted by Crippen LogP contribution is -2.44. The third kappa shape index (κ3) is 3.91. The zero-order chi connectivity index (χ0) is 15.2. The lowest BCUT2D eigenvalue weighted by molar-refractivity contribution is 0.118. The molecule has 0 bridgehead atoms. The third-order valence-electron chi connectivity index (χ3n) is 3.86. The highest BCUT2D eigenvalue weighted by molar-refractivity contribution is 5.13. The smallest absolute Gasteiger partial charge is 0.229 e. The van der Waals surface area contributed by atoms with Crippen molar-refractivity contribution < 1.29 is 9.26 Å². The lowest BCUT2D eigenvalue weighted by atomic mass is 10.2. The van der Waals surface area contributed by atoms with E-state index in [1.54, 1.807) is 0 Å². The molecule has 1 fully saturated rings. The van der Waals surface area contributed by atoms with Gasteiger partial charge in [0.25, 0.3) is 0 Å². The summed E-state index contributed by atoms with van der Waals surface area (Å²) in [7, 11) is 2.09. The Labute approximate surface area is 130 Å². The van der Waals surface area contributed by atoms with Crippen molar-refractivity contribution in [1.29, 1.82) is 0 Å². The molecule has 3 rings (SSSR count). The molecular weight excluding hydrogens is 280 g/mol. The van der Waals surface area contributed by atoms with Crippen molar-refractivity contribution in [3.8, 4) is 0 Å². The number of ether oxygens (including phenoxy) is 1. The number of hydrogen-bond acceptors (Lipinski definition) is 6. The van der Waals surface area contributed by atoms with Crippen LogP contribution in [-0.2, 0) is 17.8 Å². The van der Waals surface area contributed by atoms with Crippen molar-refractivity contribution in [1.82, 2.24) is 20.4 Å². The predicted octanol–water partition coefficient (Wildman–Crippen LogP) is 1.40. The summed E-state index contributed by atoms with van der Waals surface area (Å²) < 4.78 is 11.0. The molecule has 1 aromatic heterocycles. The second-order valence-corrected chi connectivity index (χ2v) is 5.54. The fourth-order valence-electron chi connectivity index (χ4n) is 2.52. The maximum atomic E-state index is 5.65. The summed E-state index contributed by atoms with van der Waals surface area (Å²) in [5.74, 6) is 1.40. The van der Waals surface area contributed by atoms with E-state index < -0.39 is 0 Å². The van der Waals surface area contributed by atoms with Crippen LogP contribution in [0.4, 0.5) is 0 Å². The van der Waals surface area contributed by atoms with Crippen LogP contribution in [0.15, 0.2) is 34.9 Å². The molecule has 1 aromatic carbocycles. The van der Waals surface area contributed by atoms with Gasteiger partial charge < -0.3 is 14.6 Å². The Morgan fingerprint density at radius 3 is 3.05 bits per heavy atom. The number of likely N-dealkylation sites (N-methyl/N-ethyl adjacent to an activating group) is 1. The maximum Gasteiger partial charge on any atom is 0.229 e. The van der Waals surface area contributed by atoms with Gasteiger partial charge in [0.15, 0.2) is 5.82 Å². The van der Waals surface area contributed by atoms with E-state index in [1.165, 1.54) is 5.56 Å². The standard InChI is InChI=1S/C16H22N4O2/c1-20-9-8-17-11-14(20)16-18-15(22-19-16)7-10-21-12-13-5-3-2-4-6-13/h2-6,14,17H,7-12H2,1H3. The SMILES string of the molecule is CN1CCNCC1c1noc(CCOCc2ccccc2)n1. The second kappa shape index (κ2) is 7.49. The molecule has 1 aliphatic heterocycles. The molecule has 6 heteroatoms. The number of piperazine rings is 1. The number of benzene rings is 1. The molecule has 22 heavy (non-hydrogen) atoms. The first-order valence-corrected chi connectivity index (χ1v) is 7.68. The summed E-state index contributed by atoms with van der Waals surface area (Å²) in [5, 5.41) is 7.46. The van der Waals surface area contributed by atoms with Crippen molar-refractivity contribution in [2.75, 3.05) is 33.3 Å². The van der Waals surface area contributed by atoms with Gasteiger partial charge in [0, 0.05) is 19.6 Å². The Morgan fingerprint density at radius 1 is 1.36 bits per heavy atom. The van der Waals surface area contributed by atoms with Gasteiger partial charge in [0.1, 0.15) is 0 Å². The average molecular weight is 302 g/mol. The van der Waals surface area contributed by atoms with Crippen LogP contribution in [-0.4, -0.2) is 48.3 Å². The van der Waals surface area contributed by atoms with Gasteiger partial charge in [-0.25, -0.2) is 0 Å². The highest BCUT2D eigenvalue weighted by Crippen LogP contribution is 2.17. The topological polar surface area (TPSA) is 63.4 Å². The largest absolute Gasteiger partial charge is 0.376 e. The van der Waals surface area contributed by atoms with Crippen LogP contribution in [0.25, 0.3) is 0 Å². The van der Waals surface area contributed by atoms with E-state index in [1.807, 2.05) is 18.2 Å². The lowest BCUT2D eigenvalue weighted by Gasteiger charge is -2.30. The van der Waals surface area contributed by atoms with Crippen LogP contribution < -0.4 is 5.32 Å². The first kappa shape index (κ1) is 15.1. The molecule has 1 N–H and O–H groups in total. The van der Waals surface area contributed by atoms with Crippen LogP contribution in [0.1, 0.15) is 23.3 Å². The Balaban J connectivity index is 1.45. The summed E-state index contributed by atoms with van der Waals surface area (Å²) in [6, 6.07) is 10.3. The van der Waals surface area contributed by atoms with E-state index in [0.717, 1.165) is 25.5 Å². The number of nitrogens with one attached hydrogen (secondary N) is 1. The van der Waals surface area contributed by atoms with E-state index in [2.05, 4.69) is 39.5 Å². The van der Waals surface area contributed by atoms with Gasteiger partial charge in [-0.3, -0.25) is 4.90 Å². The van der Waals surface area contributed by atoms with Gasteiger partial charge in [0.05, 0.1) is 25.7 Å². The van der Waals surface area contributed by atoms with Crippen molar-refractivity contribution in [3.05, 3.63) is 47.6 Å². The number of rotatable bonds is 6. The van der Waals surface area contributed by atoms with Gasteiger partial charge in [-0.1, -0.05) is 35.5 Å². The summed E-state index contributed by atoms with van der Waals surface area (Å²) >= 11 is 0. The quantitative estimate of drug-likeness (QED) is 0.814. The fraction of sp³-hybridized carbons (Fsp3) is 0.500. The van der Waals surface area contributed by atoms with Crippen molar-refractivity contribution in [3.63, 3.8) is 0 Å². The fourth-order valence-corrected chi connectivity index (χ4v) is 2.52. The molecule has 1 aliphatic rings. The summed E-state index contributed by atoms with van der Waals surface area (Å²) in [6.45, 7) is 4.05. The molecule has 0 aliphatic carbocycles. The zero-order valence-electron chi connectivity index (χ0n) is 12.9. The van der Waals surface area contributed by atoms with Gasteiger partial charge >= 0.3 is 0 Å². The maximum absolute atomic E-state index is 5.65. The van der Waals surface area contributed by atoms with Crippen molar-refractivity contribution in [2.45, 2.75) is 19.1 Å². The van der Waals surface area contributed by atoms with Crippen LogP contribution in [0, 0.1) is 0 Å². The van der Waals surface area contributed by atoms with Gasteiger partial charge in [0.2, 0.25) is 5.89 Å². The van der Waals surface area contributed by atoms with E-state index in [4.69, 9.17) is 9.26 Å². The van der Waals surface area contributed by atoms with Gasteiger partial charge in [-0.15, -0.1) is 0 Å². The minimum Gasteiger partial charge on any atom is -0.376 e.